The largest absolute Gasteiger partial charge is 0.481 e. The van der Waals surface area contributed by atoms with Gasteiger partial charge in [-0.2, -0.15) is 0 Å². The third-order valence-corrected chi connectivity index (χ3v) is 6.57. The van der Waals surface area contributed by atoms with Gasteiger partial charge in [0, 0.05) is 0 Å². The van der Waals surface area contributed by atoms with Crippen molar-refractivity contribution in [1.82, 2.24) is 0 Å². The lowest BCUT2D eigenvalue weighted by Gasteiger charge is -2.67. The van der Waals surface area contributed by atoms with E-state index in [4.69, 9.17) is 0 Å². The maximum Gasteiger partial charge on any atom is 0.309 e. The van der Waals surface area contributed by atoms with Gasteiger partial charge >= 0.3 is 11.9 Å². The van der Waals surface area contributed by atoms with Crippen LogP contribution in [-0.2, 0) is 9.59 Å². The second kappa shape index (κ2) is 3.58. The minimum absolute atomic E-state index is 0.0477. The number of carboxylic acid groups (broad SMARTS) is 2. The molecule has 0 heterocycles. The zero-order valence-corrected chi connectivity index (χ0v) is 12.5. The van der Waals surface area contributed by atoms with Crippen molar-refractivity contribution in [2.24, 2.45) is 27.6 Å². The van der Waals surface area contributed by atoms with Gasteiger partial charge in [0.1, 0.15) is 0 Å². The first-order chi connectivity index (χ1) is 9.04. The first-order valence-electron chi connectivity index (χ1n) is 7.51. The third-order valence-electron chi connectivity index (χ3n) is 6.57. The van der Waals surface area contributed by atoms with Crippen LogP contribution in [0.4, 0.5) is 0 Å². The van der Waals surface area contributed by atoms with Crippen LogP contribution in [0.15, 0.2) is 0 Å². The predicted molar refractivity (Wildman–Crippen MR) is 73.2 cm³/mol. The Hall–Kier alpha value is -1.06. The van der Waals surface area contributed by atoms with Crippen molar-refractivity contribution in [3.8, 4) is 0 Å². The van der Waals surface area contributed by atoms with Crippen LogP contribution in [0.3, 0.4) is 0 Å². The van der Waals surface area contributed by atoms with Crippen LogP contribution >= 0.6 is 0 Å². The molecule has 0 aromatic carbocycles. The lowest BCUT2D eigenvalue weighted by Crippen LogP contribution is -2.64. The molecule has 0 saturated heterocycles. The molecule has 0 aromatic heterocycles. The van der Waals surface area contributed by atoms with Crippen LogP contribution in [0.25, 0.3) is 0 Å². The fourth-order valence-electron chi connectivity index (χ4n) is 5.75. The van der Waals surface area contributed by atoms with Crippen molar-refractivity contribution in [2.45, 2.75) is 59.3 Å². The summed E-state index contributed by atoms with van der Waals surface area (Å²) in [6.07, 6.45) is 4.00. The summed E-state index contributed by atoms with van der Waals surface area (Å²) in [4.78, 5) is 23.8. The van der Waals surface area contributed by atoms with Crippen LogP contribution in [0.1, 0.15) is 59.3 Å². The second-order valence-electron chi connectivity index (χ2n) is 8.71. The van der Waals surface area contributed by atoms with Gasteiger partial charge in [0.25, 0.3) is 0 Å². The Balaban J connectivity index is 2.14. The highest BCUT2D eigenvalue weighted by Crippen LogP contribution is 2.73. The van der Waals surface area contributed by atoms with Crippen molar-refractivity contribution in [1.29, 1.82) is 0 Å². The molecule has 4 heteroatoms. The van der Waals surface area contributed by atoms with E-state index < -0.39 is 22.8 Å². The van der Waals surface area contributed by atoms with E-state index in [1.165, 1.54) is 0 Å². The Morgan fingerprint density at radius 2 is 1.35 bits per heavy atom. The summed E-state index contributed by atoms with van der Waals surface area (Å²) in [7, 11) is 0. The average Bonchev–Trinajstić information content (AvgIpc) is 2.25. The minimum atomic E-state index is -0.801. The summed E-state index contributed by atoms with van der Waals surface area (Å²) in [6, 6.07) is 0. The van der Waals surface area contributed by atoms with E-state index in [1.807, 2.05) is 0 Å². The highest BCUT2D eigenvalue weighted by Gasteiger charge is 2.70. The lowest BCUT2D eigenvalue weighted by molar-refractivity contribution is -0.218. The number of hydrogen-bond acceptors (Lipinski definition) is 2. The molecular formula is C16H24O4. The monoisotopic (exact) mass is 280 g/mol. The Kier molecular flexibility index (Phi) is 2.49. The molecule has 0 spiro atoms. The summed E-state index contributed by atoms with van der Waals surface area (Å²) in [6.45, 7) is 6.43. The molecular weight excluding hydrogens is 256 g/mol. The molecule has 4 rings (SSSR count). The van der Waals surface area contributed by atoms with E-state index in [-0.39, 0.29) is 16.7 Å². The Bertz CT molecular complexity index is 457. The zero-order valence-electron chi connectivity index (χ0n) is 12.5. The van der Waals surface area contributed by atoms with Gasteiger partial charge in [-0.1, -0.05) is 20.8 Å². The molecule has 4 aliphatic carbocycles. The Morgan fingerprint density at radius 1 is 0.900 bits per heavy atom. The minimum Gasteiger partial charge on any atom is -0.481 e. The molecule has 4 bridgehead atoms. The van der Waals surface area contributed by atoms with E-state index in [9.17, 15) is 19.8 Å². The third kappa shape index (κ3) is 1.54. The van der Waals surface area contributed by atoms with Gasteiger partial charge in [0.05, 0.1) is 10.8 Å². The first-order valence-corrected chi connectivity index (χ1v) is 7.51. The molecule has 0 aliphatic heterocycles. The standard InChI is InChI=1S/C16H24O4/c1-13(2,3)16-6-10-4-14(8-16,11(17)18)7-15(5-10,9-16)12(19)20/h10H,4-9H2,1-3H3,(H,17,18)(H,19,20). The highest BCUT2D eigenvalue weighted by molar-refractivity contribution is 5.81. The SMILES string of the molecule is CC(C)(C)C12CC3CC(C(=O)O)(CC(C(=O)O)(C3)C1)C2. The summed E-state index contributed by atoms with van der Waals surface area (Å²) >= 11 is 0. The van der Waals surface area contributed by atoms with Gasteiger partial charge < -0.3 is 10.2 Å². The molecule has 4 aliphatic rings. The van der Waals surface area contributed by atoms with Crippen LogP contribution < -0.4 is 0 Å². The van der Waals surface area contributed by atoms with Crippen LogP contribution in [0.5, 0.6) is 0 Å². The first kappa shape index (κ1) is 13.9. The smallest absolute Gasteiger partial charge is 0.309 e. The van der Waals surface area contributed by atoms with Gasteiger partial charge in [0.2, 0.25) is 0 Å². The number of carboxylic acids is 2. The quantitative estimate of drug-likeness (QED) is 0.814. The summed E-state index contributed by atoms with van der Waals surface area (Å²) in [5.74, 6) is -1.29. The Morgan fingerprint density at radius 3 is 1.70 bits per heavy atom. The predicted octanol–water partition coefficient (Wildman–Crippen LogP) is 3.16. The summed E-state index contributed by atoms with van der Waals surface area (Å²) in [5.41, 5.74) is -1.78. The van der Waals surface area contributed by atoms with E-state index >= 15 is 0 Å². The van der Waals surface area contributed by atoms with E-state index in [0.29, 0.717) is 32.1 Å². The fourth-order valence-corrected chi connectivity index (χ4v) is 5.75. The van der Waals surface area contributed by atoms with Crippen molar-refractivity contribution < 1.29 is 19.8 Å². The topological polar surface area (TPSA) is 74.6 Å². The van der Waals surface area contributed by atoms with Crippen LogP contribution in [0.2, 0.25) is 0 Å². The molecule has 0 amide bonds. The maximum absolute atomic E-state index is 11.9. The zero-order chi connectivity index (χ0) is 15.0. The lowest BCUT2D eigenvalue weighted by atomic mass is 9.35. The molecule has 4 fully saturated rings. The molecule has 2 N–H and O–H groups in total. The normalized spacial score (nSPS) is 46.5. The van der Waals surface area contributed by atoms with E-state index in [2.05, 4.69) is 20.8 Å². The number of hydrogen-bond donors (Lipinski definition) is 2. The number of carbonyl (C=O) groups is 2. The molecule has 2 atom stereocenters. The average molecular weight is 280 g/mol. The number of aliphatic carboxylic acids is 2. The molecule has 20 heavy (non-hydrogen) atoms. The molecule has 112 valence electrons. The van der Waals surface area contributed by atoms with Gasteiger partial charge in [-0.15, -0.1) is 0 Å². The van der Waals surface area contributed by atoms with Crippen LogP contribution in [0, 0.1) is 27.6 Å². The molecule has 4 nitrogen and oxygen atoms in total. The fraction of sp³-hybridized carbons (Fsp3) is 0.875. The van der Waals surface area contributed by atoms with Crippen molar-refractivity contribution in [3.63, 3.8) is 0 Å². The number of rotatable bonds is 2. The maximum atomic E-state index is 11.9. The molecule has 0 aromatic rings. The summed E-state index contributed by atoms with van der Waals surface area (Å²) in [5, 5.41) is 19.5. The Labute approximate surface area is 119 Å². The van der Waals surface area contributed by atoms with E-state index in [1.54, 1.807) is 0 Å². The van der Waals surface area contributed by atoms with Crippen molar-refractivity contribution >= 4 is 11.9 Å². The van der Waals surface area contributed by atoms with Crippen molar-refractivity contribution in [3.05, 3.63) is 0 Å². The highest BCUT2D eigenvalue weighted by atomic mass is 16.4. The van der Waals surface area contributed by atoms with Gasteiger partial charge in [-0.25, -0.2) is 0 Å². The van der Waals surface area contributed by atoms with E-state index in [0.717, 1.165) is 6.42 Å². The molecule has 0 radical (unpaired) electrons. The molecule has 4 saturated carbocycles. The van der Waals surface area contributed by atoms with Gasteiger partial charge in [-0.05, 0) is 55.3 Å². The van der Waals surface area contributed by atoms with Crippen LogP contribution in [-0.4, -0.2) is 22.2 Å². The summed E-state index contributed by atoms with van der Waals surface area (Å²) < 4.78 is 0. The van der Waals surface area contributed by atoms with Gasteiger partial charge in [0.15, 0.2) is 0 Å². The van der Waals surface area contributed by atoms with Crippen molar-refractivity contribution in [2.75, 3.05) is 0 Å². The molecule has 2 unspecified atom stereocenters. The van der Waals surface area contributed by atoms with Gasteiger partial charge in [-0.3, -0.25) is 9.59 Å². The second-order valence-corrected chi connectivity index (χ2v) is 8.71.